The first-order valence-corrected chi connectivity index (χ1v) is 13.2. The van der Waals surface area contributed by atoms with Crippen molar-refractivity contribution in [1.29, 1.82) is 5.26 Å². The van der Waals surface area contributed by atoms with Gasteiger partial charge < -0.3 is 10.2 Å². The molecule has 1 saturated heterocycles. The quantitative estimate of drug-likeness (QED) is 0.593. The Morgan fingerprint density at radius 2 is 1.84 bits per heavy atom. The molecule has 172 valence electrons. The summed E-state index contributed by atoms with van der Waals surface area (Å²) in [6.07, 6.45) is 1.67. The molecule has 0 bridgehead atoms. The second kappa shape index (κ2) is 9.09. The number of rotatable bonds is 7. The van der Waals surface area contributed by atoms with Gasteiger partial charge in [-0.1, -0.05) is 37.1 Å². The van der Waals surface area contributed by atoms with E-state index < -0.39 is 50.4 Å². The van der Waals surface area contributed by atoms with Gasteiger partial charge in [0.1, 0.15) is 15.7 Å². The summed E-state index contributed by atoms with van der Waals surface area (Å²) in [5, 5.41) is 27.9. The van der Waals surface area contributed by atoms with Gasteiger partial charge in [-0.2, -0.15) is 9.57 Å². The Kier molecular flexibility index (Phi) is 7.00. The van der Waals surface area contributed by atoms with Crippen molar-refractivity contribution in [3.8, 4) is 6.07 Å². The molecule has 1 fully saturated rings. The monoisotopic (exact) mass is 498 g/mol. The molecular weight excluding hydrogens is 476 g/mol. The molecular formula is C21H23ClN2O6S2. The highest BCUT2D eigenvalue weighted by molar-refractivity contribution is 7.92. The van der Waals surface area contributed by atoms with Gasteiger partial charge in [0.15, 0.2) is 9.84 Å². The summed E-state index contributed by atoms with van der Waals surface area (Å²) in [4.78, 5) is -0.384. The number of aliphatic hydroxyl groups is 2. The second-order valence-corrected chi connectivity index (χ2v) is 12.2. The van der Waals surface area contributed by atoms with E-state index in [1.165, 1.54) is 24.3 Å². The predicted octanol–water partition coefficient (Wildman–Crippen LogP) is 1.73. The highest BCUT2D eigenvalue weighted by atomic mass is 35.5. The van der Waals surface area contributed by atoms with E-state index in [0.717, 1.165) is 28.8 Å². The Morgan fingerprint density at radius 1 is 1.19 bits per heavy atom. The number of β-amino-alcohol motifs (C(OH)–C–C–N with tert-alkyl or cyclic N) is 1. The first-order chi connectivity index (χ1) is 15.0. The van der Waals surface area contributed by atoms with E-state index in [1.807, 2.05) is 13.0 Å². The molecule has 8 nitrogen and oxygen atoms in total. The van der Waals surface area contributed by atoms with E-state index in [9.17, 15) is 27.0 Å². The van der Waals surface area contributed by atoms with Crippen molar-refractivity contribution in [3.63, 3.8) is 0 Å². The van der Waals surface area contributed by atoms with E-state index in [2.05, 4.69) is 0 Å². The lowest BCUT2D eigenvalue weighted by atomic mass is 10.1. The third-order valence-electron chi connectivity index (χ3n) is 5.54. The molecule has 0 unspecified atom stereocenters. The average Bonchev–Trinajstić information content (AvgIpc) is 3.14. The smallest absolute Gasteiger partial charge is 0.244 e. The minimum atomic E-state index is -4.31. The molecule has 0 amide bonds. The van der Waals surface area contributed by atoms with Crippen LogP contribution in [0.15, 0.2) is 52.3 Å². The van der Waals surface area contributed by atoms with Crippen molar-refractivity contribution in [1.82, 2.24) is 4.31 Å². The Bertz CT molecular complexity index is 1260. The van der Waals surface area contributed by atoms with Crippen molar-refractivity contribution in [3.05, 3.63) is 58.6 Å². The maximum Gasteiger partial charge on any atom is 0.244 e. The van der Waals surface area contributed by atoms with Crippen LogP contribution in [0.4, 0.5) is 0 Å². The van der Waals surface area contributed by atoms with Crippen LogP contribution >= 0.6 is 11.6 Å². The summed E-state index contributed by atoms with van der Waals surface area (Å²) in [6, 6.07) is 11.7. The van der Waals surface area contributed by atoms with Crippen molar-refractivity contribution in [2.45, 2.75) is 40.4 Å². The van der Waals surface area contributed by atoms with Crippen LogP contribution in [0.3, 0.4) is 0 Å². The molecule has 0 saturated carbocycles. The van der Waals surface area contributed by atoms with Crippen molar-refractivity contribution < 1.29 is 27.0 Å². The summed E-state index contributed by atoms with van der Waals surface area (Å²) < 4.78 is 53.7. The predicted molar refractivity (Wildman–Crippen MR) is 118 cm³/mol. The SMILES string of the molecule is CCCc1ccc(S(=O)(=O)[C@H]2CN(S(=O)(=O)c3ccc(C#N)cc3Cl)C[C@@]2(O)CO)cc1. The molecule has 11 heteroatoms. The second-order valence-electron chi connectivity index (χ2n) is 7.74. The maximum atomic E-state index is 13.3. The van der Waals surface area contributed by atoms with Crippen LogP contribution in [0.5, 0.6) is 0 Å². The Balaban J connectivity index is 1.98. The van der Waals surface area contributed by atoms with Crippen LogP contribution < -0.4 is 0 Å². The Morgan fingerprint density at radius 3 is 2.38 bits per heavy atom. The van der Waals surface area contributed by atoms with Crippen LogP contribution in [0, 0.1) is 11.3 Å². The lowest BCUT2D eigenvalue weighted by Gasteiger charge is -2.26. The van der Waals surface area contributed by atoms with Gasteiger partial charge in [0.05, 0.1) is 28.2 Å². The van der Waals surface area contributed by atoms with Crippen LogP contribution in [0.25, 0.3) is 0 Å². The fourth-order valence-corrected chi connectivity index (χ4v) is 7.84. The molecule has 2 atom stereocenters. The molecule has 1 aliphatic heterocycles. The van der Waals surface area contributed by atoms with Crippen molar-refractivity contribution in [2.24, 2.45) is 0 Å². The molecule has 3 rings (SSSR count). The molecule has 32 heavy (non-hydrogen) atoms. The van der Waals surface area contributed by atoms with Gasteiger partial charge in [-0.15, -0.1) is 0 Å². The Labute approximate surface area is 192 Å². The number of nitriles is 1. The van der Waals surface area contributed by atoms with E-state index in [-0.39, 0.29) is 20.4 Å². The molecule has 1 aliphatic rings. The number of hydrogen-bond acceptors (Lipinski definition) is 7. The molecule has 2 aromatic carbocycles. The summed E-state index contributed by atoms with van der Waals surface area (Å²) in [6.45, 7) is -0.133. The number of sulfone groups is 1. The summed E-state index contributed by atoms with van der Waals surface area (Å²) in [5.74, 6) is 0. The standard InChI is InChI=1S/C21H23ClN2O6S2/c1-2-3-15-4-7-17(8-5-15)31(27,28)20-12-24(13-21(20,26)14-25)32(29,30)19-9-6-16(11-23)10-18(19)22/h4-10,20,25-26H,2-3,12-14H2,1H3/t20-,21+/m0/s1. The number of hydrogen-bond donors (Lipinski definition) is 2. The minimum absolute atomic E-state index is 0.0649. The number of benzene rings is 2. The average molecular weight is 499 g/mol. The number of sulfonamides is 1. The van der Waals surface area contributed by atoms with E-state index in [0.29, 0.717) is 0 Å². The summed E-state index contributed by atoms with van der Waals surface area (Å²) >= 11 is 6.05. The molecule has 2 N–H and O–H groups in total. The zero-order valence-electron chi connectivity index (χ0n) is 17.3. The van der Waals surface area contributed by atoms with Crippen molar-refractivity contribution >= 4 is 31.5 Å². The van der Waals surface area contributed by atoms with Crippen molar-refractivity contribution in [2.75, 3.05) is 19.7 Å². The largest absolute Gasteiger partial charge is 0.393 e. The number of aliphatic hydroxyl groups excluding tert-OH is 1. The van der Waals surface area contributed by atoms with Gasteiger partial charge in [-0.25, -0.2) is 16.8 Å². The topological polar surface area (TPSA) is 136 Å². The highest BCUT2D eigenvalue weighted by Gasteiger charge is 2.55. The van der Waals surface area contributed by atoms with Gasteiger partial charge >= 0.3 is 0 Å². The van der Waals surface area contributed by atoms with Crippen LogP contribution in [0.2, 0.25) is 5.02 Å². The molecule has 2 aromatic rings. The Hall–Kier alpha value is -2.00. The summed E-state index contributed by atoms with van der Waals surface area (Å²) in [7, 11) is -8.49. The molecule has 0 spiro atoms. The first-order valence-electron chi connectivity index (χ1n) is 9.85. The lowest BCUT2D eigenvalue weighted by molar-refractivity contribution is 0.00160. The first kappa shape index (κ1) is 24.6. The van der Waals surface area contributed by atoms with E-state index >= 15 is 0 Å². The minimum Gasteiger partial charge on any atom is -0.393 e. The van der Waals surface area contributed by atoms with Gasteiger partial charge in [0.25, 0.3) is 0 Å². The lowest BCUT2D eigenvalue weighted by Crippen LogP contribution is -2.49. The molecule has 0 aromatic heterocycles. The van der Waals surface area contributed by atoms with Gasteiger partial charge in [0.2, 0.25) is 10.0 Å². The zero-order chi connectivity index (χ0) is 23.7. The van der Waals surface area contributed by atoms with E-state index in [1.54, 1.807) is 12.1 Å². The van der Waals surface area contributed by atoms with Crippen LogP contribution in [-0.4, -0.2) is 61.9 Å². The summed E-state index contributed by atoms with van der Waals surface area (Å²) in [5.41, 5.74) is -1.09. The number of halogens is 1. The molecule has 1 heterocycles. The highest BCUT2D eigenvalue weighted by Crippen LogP contribution is 2.36. The third-order valence-corrected chi connectivity index (χ3v) is 10.1. The molecule has 0 radical (unpaired) electrons. The van der Waals surface area contributed by atoms with Gasteiger partial charge in [-0.05, 0) is 42.3 Å². The van der Waals surface area contributed by atoms with Gasteiger partial charge in [0, 0.05) is 13.1 Å². The number of nitrogens with zero attached hydrogens (tertiary/aromatic N) is 2. The van der Waals surface area contributed by atoms with Crippen LogP contribution in [0.1, 0.15) is 24.5 Å². The fraction of sp³-hybridized carbons (Fsp3) is 0.381. The third kappa shape index (κ3) is 4.41. The van der Waals surface area contributed by atoms with Crippen LogP contribution in [-0.2, 0) is 26.3 Å². The fourth-order valence-electron chi connectivity index (χ4n) is 3.77. The van der Waals surface area contributed by atoms with Gasteiger partial charge in [-0.3, -0.25) is 0 Å². The maximum absolute atomic E-state index is 13.3. The van der Waals surface area contributed by atoms with E-state index in [4.69, 9.17) is 16.9 Å². The zero-order valence-corrected chi connectivity index (χ0v) is 19.7. The number of aryl methyl sites for hydroxylation is 1. The normalized spacial score (nSPS) is 22.0. The molecule has 0 aliphatic carbocycles.